The smallest absolute Gasteiger partial charge is 0.221 e. The van der Waals surface area contributed by atoms with Gasteiger partial charge in [-0.15, -0.1) is 0 Å². The summed E-state index contributed by atoms with van der Waals surface area (Å²) >= 11 is 0. The first-order valence-electron chi connectivity index (χ1n) is 5.75. The summed E-state index contributed by atoms with van der Waals surface area (Å²) < 4.78 is 2.19. The molecule has 0 fully saturated rings. The molecule has 0 radical (unpaired) electrons. The number of imidazole rings is 1. The van der Waals surface area contributed by atoms with Crippen molar-refractivity contribution >= 4 is 22.6 Å². The van der Waals surface area contributed by atoms with Crippen LogP contribution < -0.4 is 5.32 Å². The van der Waals surface area contributed by atoms with Gasteiger partial charge in [0.15, 0.2) is 0 Å². The van der Waals surface area contributed by atoms with Crippen molar-refractivity contribution in [2.75, 3.05) is 5.32 Å². The molecule has 4 heteroatoms. The van der Waals surface area contributed by atoms with Crippen LogP contribution in [0.3, 0.4) is 0 Å². The van der Waals surface area contributed by atoms with Crippen LogP contribution >= 0.6 is 0 Å². The van der Waals surface area contributed by atoms with Crippen molar-refractivity contribution in [1.29, 1.82) is 0 Å². The van der Waals surface area contributed by atoms with Crippen LogP contribution in [0, 0.1) is 6.92 Å². The summed E-state index contributed by atoms with van der Waals surface area (Å²) in [5, 5.41) is 2.77. The Labute approximate surface area is 101 Å². The lowest BCUT2D eigenvalue weighted by molar-refractivity contribution is -0.114. The van der Waals surface area contributed by atoms with Gasteiger partial charge in [-0.2, -0.15) is 0 Å². The van der Waals surface area contributed by atoms with Crippen LogP contribution in [0.25, 0.3) is 11.0 Å². The first kappa shape index (κ1) is 11.6. The van der Waals surface area contributed by atoms with Gasteiger partial charge in [-0.1, -0.05) is 0 Å². The maximum Gasteiger partial charge on any atom is 0.221 e. The number of aryl methyl sites for hydroxylation is 1. The van der Waals surface area contributed by atoms with E-state index >= 15 is 0 Å². The Kier molecular flexibility index (Phi) is 2.88. The average Bonchev–Trinajstić information content (AvgIpc) is 2.51. The number of fused-ring (bicyclic) bond motifs is 1. The highest BCUT2D eigenvalue weighted by atomic mass is 16.1. The molecule has 0 atom stereocenters. The number of hydrogen-bond acceptors (Lipinski definition) is 2. The quantitative estimate of drug-likeness (QED) is 0.863. The van der Waals surface area contributed by atoms with Gasteiger partial charge in [0.05, 0.1) is 11.0 Å². The Morgan fingerprint density at radius 3 is 2.71 bits per heavy atom. The van der Waals surface area contributed by atoms with E-state index in [1.54, 1.807) is 0 Å². The lowest BCUT2D eigenvalue weighted by Gasteiger charge is -2.10. The van der Waals surface area contributed by atoms with Gasteiger partial charge in [0, 0.05) is 18.7 Å². The van der Waals surface area contributed by atoms with Crippen LogP contribution in [0.5, 0.6) is 0 Å². The van der Waals surface area contributed by atoms with E-state index in [0.29, 0.717) is 6.04 Å². The molecule has 2 rings (SSSR count). The molecule has 0 aliphatic rings. The average molecular weight is 231 g/mol. The number of hydrogen-bond donors (Lipinski definition) is 1. The number of anilines is 1. The molecule has 2 aromatic rings. The number of rotatable bonds is 2. The molecule has 0 aliphatic heterocycles. The van der Waals surface area contributed by atoms with Crippen LogP contribution in [0.15, 0.2) is 18.2 Å². The van der Waals surface area contributed by atoms with Gasteiger partial charge in [0.2, 0.25) is 5.91 Å². The highest BCUT2D eigenvalue weighted by Gasteiger charge is 2.10. The summed E-state index contributed by atoms with van der Waals surface area (Å²) in [5.41, 5.74) is 2.81. The third kappa shape index (κ3) is 2.16. The lowest BCUT2D eigenvalue weighted by Crippen LogP contribution is -2.05. The van der Waals surface area contributed by atoms with E-state index in [4.69, 9.17) is 0 Å². The number of nitrogens with zero attached hydrogens (tertiary/aromatic N) is 2. The second-order valence-electron chi connectivity index (χ2n) is 4.51. The Balaban J connectivity index is 2.53. The number of carbonyl (C=O) groups excluding carboxylic acids is 1. The van der Waals surface area contributed by atoms with Crippen LogP contribution in [-0.2, 0) is 4.79 Å². The topological polar surface area (TPSA) is 46.9 Å². The van der Waals surface area contributed by atoms with Crippen molar-refractivity contribution in [2.24, 2.45) is 0 Å². The van der Waals surface area contributed by atoms with Crippen molar-refractivity contribution in [3.63, 3.8) is 0 Å². The van der Waals surface area contributed by atoms with Gasteiger partial charge in [-0.05, 0) is 39.0 Å². The molecular weight excluding hydrogens is 214 g/mol. The van der Waals surface area contributed by atoms with Gasteiger partial charge in [-0.25, -0.2) is 4.98 Å². The molecule has 1 aromatic carbocycles. The summed E-state index contributed by atoms with van der Waals surface area (Å²) in [4.78, 5) is 15.5. The predicted octanol–water partition coefficient (Wildman–Crippen LogP) is 2.88. The molecule has 0 aliphatic carbocycles. The predicted molar refractivity (Wildman–Crippen MR) is 69.2 cm³/mol. The van der Waals surface area contributed by atoms with Crippen LogP contribution in [-0.4, -0.2) is 15.5 Å². The molecule has 1 heterocycles. The van der Waals surface area contributed by atoms with Crippen LogP contribution in [0.1, 0.15) is 32.6 Å². The maximum absolute atomic E-state index is 11.0. The first-order valence-corrected chi connectivity index (χ1v) is 5.75. The maximum atomic E-state index is 11.0. The number of carbonyl (C=O) groups is 1. The van der Waals surface area contributed by atoms with E-state index in [1.807, 2.05) is 25.1 Å². The number of amides is 1. The molecule has 1 amide bonds. The minimum atomic E-state index is -0.0654. The van der Waals surface area contributed by atoms with Gasteiger partial charge in [0.1, 0.15) is 5.82 Å². The summed E-state index contributed by atoms with van der Waals surface area (Å²) in [6, 6.07) is 6.19. The van der Waals surface area contributed by atoms with Gasteiger partial charge in [0.25, 0.3) is 0 Å². The highest BCUT2D eigenvalue weighted by Crippen LogP contribution is 2.23. The fourth-order valence-corrected chi connectivity index (χ4v) is 2.15. The molecule has 1 N–H and O–H groups in total. The normalized spacial score (nSPS) is 11.1. The molecule has 1 aromatic heterocycles. The molecule has 0 saturated heterocycles. The largest absolute Gasteiger partial charge is 0.326 e. The van der Waals surface area contributed by atoms with E-state index in [-0.39, 0.29) is 5.91 Å². The lowest BCUT2D eigenvalue weighted by atomic mass is 10.2. The second kappa shape index (κ2) is 4.20. The van der Waals surface area contributed by atoms with Gasteiger partial charge < -0.3 is 9.88 Å². The number of nitrogens with one attached hydrogen (secondary N) is 1. The van der Waals surface area contributed by atoms with Crippen molar-refractivity contribution in [1.82, 2.24) is 9.55 Å². The van der Waals surface area contributed by atoms with Crippen LogP contribution in [0.4, 0.5) is 5.69 Å². The van der Waals surface area contributed by atoms with Crippen molar-refractivity contribution in [3.05, 3.63) is 24.0 Å². The Bertz CT molecular complexity index is 569. The minimum absolute atomic E-state index is 0.0654. The standard InChI is InChI=1S/C13H17N3O/c1-8(2)16-9(3)14-12-7-11(15-10(4)17)5-6-13(12)16/h5-8H,1-4H3,(H,15,17). The van der Waals surface area contributed by atoms with E-state index in [9.17, 15) is 4.79 Å². The Morgan fingerprint density at radius 2 is 2.12 bits per heavy atom. The third-order valence-corrected chi connectivity index (χ3v) is 2.70. The fraction of sp³-hybridized carbons (Fsp3) is 0.385. The molecule has 0 bridgehead atoms. The number of benzene rings is 1. The van der Waals surface area contributed by atoms with Gasteiger partial charge in [-0.3, -0.25) is 4.79 Å². The molecule has 90 valence electrons. The molecule has 0 unspecified atom stereocenters. The van der Waals surface area contributed by atoms with Crippen LogP contribution in [0.2, 0.25) is 0 Å². The van der Waals surface area contributed by atoms with E-state index in [1.165, 1.54) is 6.92 Å². The zero-order chi connectivity index (χ0) is 12.6. The van der Waals surface area contributed by atoms with Crippen molar-refractivity contribution < 1.29 is 4.79 Å². The molecule has 4 nitrogen and oxygen atoms in total. The fourth-order valence-electron chi connectivity index (χ4n) is 2.15. The molecule has 0 saturated carbocycles. The zero-order valence-electron chi connectivity index (χ0n) is 10.6. The molecular formula is C13H17N3O. The SMILES string of the molecule is CC(=O)Nc1ccc2c(c1)nc(C)n2C(C)C. The van der Waals surface area contributed by atoms with Gasteiger partial charge >= 0.3 is 0 Å². The van der Waals surface area contributed by atoms with E-state index in [0.717, 1.165) is 22.5 Å². The monoisotopic (exact) mass is 231 g/mol. The van der Waals surface area contributed by atoms with E-state index < -0.39 is 0 Å². The summed E-state index contributed by atoms with van der Waals surface area (Å²) in [6.07, 6.45) is 0. The summed E-state index contributed by atoms with van der Waals surface area (Å²) in [6.45, 7) is 7.77. The van der Waals surface area contributed by atoms with Crippen molar-refractivity contribution in [2.45, 2.75) is 33.7 Å². The summed E-state index contributed by atoms with van der Waals surface area (Å²) in [7, 11) is 0. The molecule has 17 heavy (non-hydrogen) atoms. The molecule has 0 spiro atoms. The Morgan fingerprint density at radius 1 is 1.41 bits per heavy atom. The Hall–Kier alpha value is -1.84. The van der Waals surface area contributed by atoms with E-state index in [2.05, 4.69) is 28.7 Å². The highest BCUT2D eigenvalue weighted by molar-refractivity contribution is 5.91. The third-order valence-electron chi connectivity index (χ3n) is 2.70. The van der Waals surface area contributed by atoms with Crippen molar-refractivity contribution in [3.8, 4) is 0 Å². The summed E-state index contributed by atoms with van der Waals surface area (Å²) in [5.74, 6) is 0.930. The first-order chi connectivity index (χ1) is 7.99. The second-order valence-corrected chi connectivity index (χ2v) is 4.51. The zero-order valence-corrected chi connectivity index (χ0v) is 10.6. The minimum Gasteiger partial charge on any atom is -0.326 e. The number of aromatic nitrogens is 2.